The average molecular weight is 469 g/mol. The van der Waals surface area contributed by atoms with Gasteiger partial charge in [-0.25, -0.2) is 9.97 Å². The summed E-state index contributed by atoms with van der Waals surface area (Å²) in [5.41, 5.74) is 1.85. The molecular formula is C22H24N6O2S2. The van der Waals surface area contributed by atoms with Crippen molar-refractivity contribution in [2.45, 2.75) is 44.4 Å². The van der Waals surface area contributed by atoms with Crippen molar-refractivity contribution in [3.63, 3.8) is 0 Å². The molecule has 0 spiro atoms. The number of thioether (sulfide) groups is 1. The molecule has 4 aromatic rings. The van der Waals surface area contributed by atoms with Gasteiger partial charge < -0.3 is 10.3 Å². The summed E-state index contributed by atoms with van der Waals surface area (Å²) in [6, 6.07) is 9.56. The predicted molar refractivity (Wildman–Crippen MR) is 128 cm³/mol. The van der Waals surface area contributed by atoms with Crippen molar-refractivity contribution in [1.82, 2.24) is 30.0 Å². The summed E-state index contributed by atoms with van der Waals surface area (Å²) < 4.78 is 1.70. The fourth-order valence-corrected chi connectivity index (χ4v) is 5.18. The van der Waals surface area contributed by atoms with Crippen LogP contribution in [0.4, 0.5) is 0 Å². The minimum absolute atomic E-state index is 0.0878. The first-order valence-electron chi connectivity index (χ1n) is 10.2. The van der Waals surface area contributed by atoms with Gasteiger partial charge in [0, 0.05) is 4.88 Å². The van der Waals surface area contributed by atoms with Crippen LogP contribution in [0.25, 0.3) is 10.2 Å². The van der Waals surface area contributed by atoms with Crippen LogP contribution in [0.15, 0.2) is 47.8 Å². The Hall–Kier alpha value is -2.98. The van der Waals surface area contributed by atoms with E-state index in [4.69, 9.17) is 0 Å². The van der Waals surface area contributed by atoms with E-state index in [1.165, 1.54) is 29.4 Å². The minimum Gasteiger partial charge on any atom is -0.346 e. The fraction of sp³-hybridized carbons (Fsp3) is 0.318. The standard InChI is InChI=1S/C22H24N6O2S2/c1-13-14(2)32-22-19(13)21(30)26-18(27-22)10-31-15(3)20(29)25-17(9-28-12-23-11-24-28)16-7-5-4-6-8-16/h4-8,11-12,15,17H,9-10H2,1-3H3,(H,25,29)(H,26,27,30). The van der Waals surface area contributed by atoms with Gasteiger partial charge in [-0.3, -0.25) is 14.3 Å². The van der Waals surface area contributed by atoms with Crippen molar-refractivity contribution in [1.29, 1.82) is 0 Å². The molecule has 10 heteroatoms. The van der Waals surface area contributed by atoms with Gasteiger partial charge in [-0.15, -0.1) is 23.1 Å². The lowest BCUT2D eigenvalue weighted by atomic mass is 10.1. The van der Waals surface area contributed by atoms with Gasteiger partial charge in [-0.1, -0.05) is 30.3 Å². The summed E-state index contributed by atoms with van der Waals surface area (Å²) in [7, 11) is 0. The van der Waals surface area contributed by atoms with Crippen molar-refractivity contribution < 1.29 is 4.79 Å². The number of hydrogen-bond acceptors (Lipinski definition) is 7. The summed E-state index contributed by atoms with van der Waals surface area (Å²) >= 11 is 2.96. The number of carbonyl (C=O) groups is 1. The number of aryl methyl sites for hydroxylation is 2. The molecule has 0 aliphatic heterocycles. The van der Waals surface area contributed by atoms with E-state index in [1.54, 1.807) is 11.0 Å². The topological polar surface area (TPSA) is 106 Å². The maximum absolute atomic E-state index is 12.9. The van der Waals surface area contributed by atoms with Crippen LogP contribution >= 0.6 is 23.1 Å². The summed E-state index contributed by atoms with van der Waals surface area (Å²) in [6.07, 6.45) is 3.11. The highest BCUT2D eigenvalue weighted by atomic mass is 32.2. The van der Waals surface area contributed by atoms with Gasteiger partial charge in [-0.05, 0) is 31.9 Å². The van der Waals surface area contributed by atoms with Crippen LogP contribution in [0.5, 0.6) is 0 Å². The third kappa shape index (κ3) is 4.91. The molecule has 1 aromatic carbocycles. The van der Waals surface area contributed by atoms with Gasteiger partial charge in [0.1, 0.15) is 23.3 Å². The largest absolute Gasteiger partial charge is 0.346 e. The van der Waals surface area contributed by atoms with Crippen molar-refractivity contribution in [2.24, 2.45) is 0 Å². The first-order valence-corrected chi connectivity index (χ1v) is 12.1. The van der Waals surface area contributed by atoms with Crippen LogP contribution in [0, 0.1) is 13.8 Å². The average Bonchev–Trinajstić information content (AvgIpc) is 3.40. The molecule has 0 aliphatic rings. The molecular weight excluding hydrogens is 444 g/mol. The van der Waals surface area contributed by atoms with Crippen LogP contribution in [0.1, 0.15) is 34.8 Å². The molecule has 0 saturated heterocycles. The van der Waals surface area contributed by atoms with Crippen molar-refractivity contribution in [3.05, 3.63) is 75.2 Å². The number of benzene rings is 1. The third-order valence-corrected chi connectivity index (χ3v) is 7.54. The number of thiophene rings is 1. The predicted octanol–water partition coefficient (Wildman–Crippen LogP) is 3.37. The Balaban J connectivity index is 1.43. The second kappa shape index (κ2) is 9.66. The van der Waals surface area contributed by atoms with Crippen LogP contribution in [0.3, 0.4) is 0 Å². The first kappa shape index (κ1) is 22.2. The summed E-state index contributed by atoms with van der Waals surface area (Å²) in [5.74, 6) is 0.931. The molecule has 166 valence electrons. The Bertz CT molecular complexity index is 1270. The fourth-order valence-electron chi connectivity index (χ4n) is 3.37. The molecule has 4 rings (SSSR count). The lowest BCUT2D eigenvalue weighted by Gasteiger charge is -2.21. The lowest BCUT2D eigenvalue weighted by molar-refractivity contribution is -0.121. The van der Waals surface area contributed by atoms with Crippen LogP contribution in [-0.4, -0.2) is 35.9 Å². The van der Waals surface area contributed by atoms with Crippen molar-refractivity contribution >= 4 is 39.2 Å². The zero-order chi connectivity index (χ0) is 22.7. The SMILES string of the molecule is Cc1sc2nc(CSC(C)C(=O)NC(Cn3cncn3)c3ccccc3)[nH]c(=O)c2c1C. The second-order valence-corrected chi connectivity index (χ2v) is 10.1. The number of nitrogens with zero attached hydrogens (tertiary/aromatic N) is 4. The van der Waals surface area contributed by atoms with Gasteiger partial charge in [0.25, 0.3) is 5.56 Å². The van der Waals surface area contributed by atoms with Gasteiger partial charge in [-0.2, -0.15) is 5.10 Å². The Morgan fingerprint density at radius 3 is 2.78 bits per heavy atom. The normalized spacial score (nSPS) is 13.2. The zero-order valence-corrected chi connectivity index (χ0v) is 19.7. The Kier molecular flexibility index (Phi) is 6.71. The maximum atomic E-state index is 12.9. The monoisotopic (exact) mass is 468 g/mol. The zero-order valence-electron chi connectivity index (χ0n) is 18.0. The summed E-state index contributed by atoms with van der Waals surface area (Å²) in [4.78, 5) is 38.7. The van der Waals surface area contributed by atoms with Gasteiger partial charge in [0.15, 0.2) is 0 Å². The molecule has 0 radical (unpaired) electrons. The first-order chi connectivity index (χ1) is 15.4. The van der Waals surface area contributed by atoms with Gasteiger partial charge in [0.2, 0.25) is 5.91 Å². The molecule has 2 N–H and O–H groups in total. The Morgan fingerprint density at radius 1 is 1.28 bits per heavy atom. The molecule has 0 saturated carbocycles. The number of aromatic nitrogens is 5. The number of rotatable bonds is 8. The third-order valence-electron chi connectivity index (χ3n) is 5.28. The minimum atomic E-state index is -0.329. The van der Waals surface area contributed by atoms with E-state index in [2.05, 4.69) is 25.4 Å². The molecule has 0 bridgehead atoms. The molecule has 8 nitrogen and oxygen atoms in total. The molecule has 3 aromatic heterocycles. The highest BCUT2D eigenvalue weighted by Gasteiger charge is 2.21. The molecule has 1 amide bonds. The van der Waals surface area contributed by atoms with Crippen LogP contribution in [0.2, 0.25) is 0 Å². The Morgan fingerprint density at radius 2 is 2.06 bits per heavy atom. The van der Waals surface area contributed by atoms with E-state index < -0.39 is 0 Å². The number of carbonyl (C=O) groups excluding carboxylic acids is 1. The highest BCUT2D eigenvalue weighted by molar-refractivity contribution is 7.99. The molecule has 0 aliphatic carbocycles. The smallest absolute Gasteiger partial charge is 0.259 e. The number of H-pyrrole nitrogens is 1. The van der Waals surface area contributed by atoms with E-state index >= 15 is 0 Å². The van der Waals surface area contributed by atoms with E-state index in [-0.39, 0.29) is 22.8 Å². The molecule has 0 fully saturated rings. The maximum Gasteiger partial charge on any atom is 0.259 e. The Labute approximate surface area is 193 Å². The van der Waals surface area contributed by atoms with E-state index in [0.717, 1.165) is 20.8 Å². The van der Waals surface area contributed by atoms with E-state index in [1.807, 2.05) is 51.1 Å². The van der Waals surface area contributed by atoms with Crippen LogP contribution < -0.4 is 10.9 Å². The second-order valence-electron chi connectivity index (χ2n) is 7.52. The number of aromatic amines is 1. The summed E-state index contributed by atoms with van der Waals surface area (Å²) in [5, 5.41) is 7.61. The number of amides is 1. The van der Waals surface area contributed by atoms with E-state index in [0.29, 0.717) is 23.5 Å². The van der Waals surface area contributed by atoms with Gasteiger partial charge >= 0.3 is 0 Å². The van der Waals surface area contributed by atoms with Crippen LogP contribution in [-0.2, 0) is 17.1 Å². The summed E-state index contributed by atoms with van der Waals surface area (Å²) in [6.45, 7) is 6.27. The molecule has 3 heterocycles. The highest BCUT2D eigenvalue weighted by Crippen LogP contribution is 2.26. The molecule has 2 unspecified atom stereocenters. The number of nitrogens with one attached hydrogen (secondary N) is 2. The van der Waals surface area contributed by atoms with Gasteiger partial charge in [0.05, 0.1) is 29.0 Å². The van der Waals surface area contributed by atoms with Crippen molar-refractivity contribution in [3.8, 4) is 0 Å². The van der Waals surface area contributed by atoms with E-state index in [9.17, 15) is 9.59 Å². The molecule has 2 atom stereocenters. The molecule has 32 heavy (non-hydrogen) atoms. The number of fused-ring (bicyclic) bond motifs is 1. The lowest BCUT2D eigenvalue weighted by Crippen LogP contribution is -2.36. The van der Waals surface area contributed by atoms with Crippen molar-refractivity contribution in [2.75, 3.05) is 0 Å². The number of hydrogen-bond donors (Lipinski definition) is 2. The quantitative estimate of drug-likeness (QED) is 0.411.